The Morgan fingerprint density at radius 3 is 2.73 bits per heavy atom. The molecule has 2 heterocycles. The number of hydrogen-bond acceptors (Lipinski definition) is 4. The second-order valence-corrected chi connectivity index (χ2v) is 9.33. The third-order valence-electron chi connectivity index (χ3n) is 4.90. The molecule has 2 amide bonds. The predicted octanol–water partition coefficient (Wildman–Crippen LogP) is 2.68. The van der Waals surface area contributed by atoms with Gasteiger partial charge in [0.2, 0.25) is 11.8 Å². The molecule has 10 heteroatoms. The Hall–Kier alpha value is -3.04. The van der Waals surface area contributed by atoms with E-state index < -0.39 is 10.0 Å². The van der Waals surface area contributed by atoms with Crippen LogP contribution in [0.15, 0.2) is 47.5 Å². The molecule has 1 aliphatic heterocycles. The number of likely N-dealkylation sites (N-methyl/N-ethyl adjacent to an activating group) is 1. The zero-order valence-corrected chi connectivity index (χ0v) is 17.8. The number of fused-ring (bicyclic) bond motifs is 2. The van der Waals surface area contributed by atoms with Crippen LogP contribution in [0.4, 0.5) is 11.4 Å². The molecule has 1 aliphatic rings. The van der Waals surface area contributed by atoms with Crippen molar-refractivity contribution in [3.8, 4) is 0 Å². The fraction of sp³-hybridized carbons (Fsp3) is 0.200. The molecule has 0 atom stereocenters. The summed E-state index contributed by atoms with van der Waals surface area (Å²) in [6, 6.07) is 9.75. The number of carbonyl (C=O) groups is 2. The summed E-state index contributed by atoms with van der Waals surface area (Å²) in [6.07, 6.45) is 1.89. The van der Waals surface area contributed by atoms with Crippen LogP contribution in [0.1, 0.15) is 5.56 Å². The number of benzene rings is 2. The van der Waals surface area contributed by atoms with Gasteiger partial charge in [-0.1, -0.05) is 11.6 Å². The molecule has 0 radical (unpaired) electrons. The maximum Gasteiger partial charge on any atom is 0.263 e. The van der Waals surface area contributed by atoms with Crippen LogP contribution in [-0.4, -0.2) is 43.8 Å². The second-order valence-electron chi connectivity index (χ2n) is 7.28. The van der Waals surface area contributed by atoms with E-state index in [-0.39, 0.29) is 34.7 Å². The second kappa shape index (κ2) is 7.33. The van der Waals surface area contributed by atoms with E-state index in [0.717, 1.165) is 10.9 Å². The van der Waals surface area contributed by atoms with E-state index in [1.54, 1.807) is 43.1 Å². The fourth-order valence-corrected chi connectivity index (χ4v) is 4.96. The first-order chi connectivity index (χ1) is 14.1. The lowest BCUT2D eigenvalue weighted by molar-refractivity contribution is -0.129. The first-order valence-corrected chi connectivity index (χ1v) is 10.9. The molecular weight excluding hydrogens is 428 g/mol. The largest absolute Gasteiger partial charge is 0.347 e. The van der Waals surface area contributed by atoms with Gasteiger partial charge in [0, 0.05) is 42.6 Å². The van der Waals surface area contributed by atoms with Gasteiger partial charge in [-0.05, 0) is 42.0 Å². The van der Waals surface area contributed by atoms with Crippen molar-refractivity contribution in [3.63, 3.8) is 0 Å². The molecule has 0 fully saturated rings. The molecule has 0 unspecified atom stereocenters. The Morgan fingerprint density at radius 1 is 1.23 bits per heavy atom. The van der Waals surface area contributed by atoms with Gasteiger partial charge < -0.3 is 14.8 Å². The molecule has 4 rings (SSSR count). The Morgan fingerprint density at radius 2 is 2.00 bits per heavy atom. The molecule has 156 valence electrons. The van der Waals surface area contributed by atoms with Crippen LogP contribution in [0.5, 0.6) is 0 Å². The number of nitrogens with one attached hydrogen (secondary N) is 2. The van der Waals surface area contributed by atoms with E-state index in [1.807, 2.05) is 6.07 Å². The number of aromatic nitrogens is 1. The minimum absolute atomic E-state index is 0.0258. The number of carbonyl (C=O) groups excluding carboxylic acids is 2. The van der Waals surface area contributed by atoms with Gasteiger partial charge in [0.1, 0.15) is 11.4 Å². The summed E-state index contributed by atoms with van der Waals surface area (Å²) < 4.78 is 30.2. The van der Waals surface area contributed by atoms with Gasteiger partial charge in [-0.15, -0.1) is 0 Å². The van der Waals surface area contributed by atoms with Crippen molar-refractivity contribution < 1.29 is 18.0 Å². The van der Waals surface area contributed by atoms with Gasteiger partial charge >= 0.3 is 0 Å². The fourth-order valence-electron chi connectivity index (χ4n) is 3.33. The minimum atomic E-state index is -3.96. The lowest BCUT2D eigenvalue weighted by Gasteiger charge is -2.13. The Bertz CT molecular complexity index is 1300. The number of amides is 2. The molecule has 0 saturated carbocycles. The third kappa shape index (κ3) is 3.73. The van der Waals surface area contributed by atoms with Crippen LogP contribution < -0.4 is 10.0 Å². The van der Waals surface area contributed by atoms with Gasteiger partial charge in [0.05, 0.1) is 11.4 Å². The Labute approximate surface area is 178 Å². The van der Waals surface area contributed by atoms with Crippen LogP contribution in [0.3, 0.4) is 0 Å². The van der Waals surface area contributed by atoms with Gasteiger partial charge in [-0.25, -0.2) is 8.42 Å². The summed E-state index contributed by atoms with van der Waals surface area (Å²) in [5, 5.41) is 3.46. The van der Waals surface area contributed by atoms with Gasteiger partial charge in [-0.2, -0.15) is 0 Å². The summed E-state index contributed by atoms with van der Waals surface area (Å²) in [4.78, 5) is 24.9. The van der Waals surface area contributed by atoms with Gasteiger partial charge in [0.25, 0.3) is 10.0 Å². The van der Waals surface area contributed by atoms with Crippen LogP contribution in [-0.2, 0) is 32.6 Å². The number of hydrogen-bond donors (Lipinski definition) is 2. The monoisotopic (exact) mass is 446 g/mol. The molecule has 2 N–H and O–H groups in total. The Balaban J connectivity index is 1.62. The maximum absolute atomic E-state index is 12.9. The molecule has 1 aromatic heterocycles. The zero-order valence-electron chi connectivity index (χ0n) is 16.3. The molecule has 0 bridgehead atoms. The van der Waals surface area contributed by atoms with Crippen LogP contribution in [0, 0.1) is 0 Å². The first-order valence-electron chi connectivity index (χ1n) is 9.08. The number of halogens is 1. The van der Waals surface area contributed by atoms with E-state index in [9.17, 15) is 18.0 Å². The van der Waals surface area contributed by atoms with E-state index in [0.29, 0.717) is 16.9 Å². The highest BCUT2D eigenvalue weighted by atomic mass is 35.5. The van der Waals surface area contributed by atoms with Crippen molar-refractivity contribution in [1.82, 2.24) is 9.47 Å². The number of anilines is 2. The summed E-state index contributed by atoms with van der Waals surface area (Å²) in [5.74, 6) is -0.247. The van der Waals surface area contributed by atoms with Crippen LogP contribution in [0.25, 0.3) is 10.9 Å². The van der Waals surface area contributed by atoms with Crippen molar-refractivity contribution in [1.29, 1.82) is 0 Å². The average molecular weight is 447 g/mol. The summed E-state index contributed by atoms with van der Waals surface area (Å²) >= 11 is 6.17. The van der Waals surface area contributed by atoms with Crippen molar-refractivity contribution in [3.05, 3.63) is 53.2 Å². The van der Waals surface area contributed by atoms with Crippen molar-refractivity contribution >= 4 is 55.7 Å². The topological polar surface area (TPSA) is 101 Å². The third-order valence-corrected chi connectivity index (χ3v) is 6.75. The number of rotatable bonds is 5. The lowest BCUT2D eigenvalue weighted by Crippen LogP contribution is -2.25. The summed E-state index contributed by atoms with van der Waals surface area (Å²) in [7, 11) is -0.581. The maximum atomic E-state index is 12.9. The van der Waals surface area contributed by atoms with Gasteiger partial charge in [-0.3, -0.25) is 14.3 Å². The van der Waals surface area contributed by atoms with E-state index in [4.69, 9.17) is 11.6 Å². The quantitative estimate of drug-likeness (QED) is 0.629. The predicted molar refractivity (Wildman–Crippen MR) is 115 cm³/mol. The highest BCUT2D eigenvalue weighted by Gasteiger charge is 2.25. The smallest absolute Gasteiger partial charge is 0.263 e. The Kier molecular flexibility index (Phi) is 4.95. The SMILES string of the molecule is CN(C)C(=O)Cn1ccc2cc(NS(=O)(=O)c3cc4c(cc3Cl)NC(=O)C4)ccc21. The van der Waals surface area contributed by atoms with Crippen molar-refractivity contribution in [2.45, 2.75) is 17.9 Å². The van der Waals surface area contributed by atoms with Crippen LogP contribution >= 0.6 is 11.6 Å². The first kappa shape index (κ1) is 20.2. The molecular formula is C20H19ClN4O4S. The van der Waals surface area contributed by atoms with Crippen LogP contribution in [0.2, 0.25) is 5.02 Å². The molecule has 0 aliphatic carbocycles. The average Bonchev–Trinajstić information content (AvgIpc) is 3.22. The van der Waals surface area contributed by atoms with E-state index in [2.05, 4.69) is 10.0 Å². The molecule has 2 aromatic carbocycles. The summed E-state index contributed by atoms with van der Waals surface area (Å²) in [6.45, 7) is 0.194. The van der Waals surface area contributed by atoms with Crippen molar-refractivity contribution in [2.75, 3.05) is 24.1 Å². The highest BCUT2D eigenvalue weighted by Crippen LogP contribution is 2.33. The van der Waals surface area contributed by atoms with Crippen molar-refractivity contribution in [2.24, 2.45) is 0 Å². The number of nitrogens with zero attached hydrogens (tertiary/aromatic N) is 2. The molecule has 3 aromatic rings. The lowest BCUT2D eigenvalue weighted by atomic mass is 10.2. The summed E-state index contributed by atoms with van der Waals surface area (Å²) in [5.41, 5.74) is 2.29. The minimum Gasteiger partial charge on any atom is -0.347 e. The molecule has 30 heavy (non-hydrogen) atoms. The molecule has 0 spiro atoms. The zero-order chi connectivity index (χ0) is 21.6. The van der Waals surface area contributed by atoms with Gasteiger partial charge in [0.15, 0.2) is 0 Å². The van der Waals surface area contributed by atoms with E-state index in [1.165, 1.54) is 17.0 Å². The normalized spacial score (nSPS) is 13.2. The molecule has 8 nitrogen and oxygen atoms in total. The van der Waals surface area contributed by atoms with E-state index >= 15 is 0 Å². The molecule has 0 saturated heterocycles. The number of sulfonamides is 1. The highest BCUT2D eigenvalue weighted by molar-refractivity contribution is 7.92. The standard InChI is InChI=1S/C20H19ClN4O4S/c1-24(2)20(27)11-25-6-5-12-7-14(3-4-17(12)25)23-30(28,29)18-8-13-9-19(26)22-16(13)10-15(18)21/h3-8,10,23H,9,11H2,1-2H3,(H,22,26).